The van der Waals surface area contributed by atoms with E-state index in [2.05, 4.69) is 9.71 Å². The Kier molecular flexibility index (Phi) is 5.69. The Balaban J connectivity index is 2.09. The number of ether oxygens (including phenoxy) is 1. The lowest BCUT2D eigenvalue weighted by atomic mass is 9.79. The zero-order valence-corrected chi connectivity index (χ0v) is 15.1. The molecule has 0 bridgehead atoms. The fourth-order valence-corrected chi connectivity index (χ4v) is 3.74. The second kappa shape index (κ2) is 7.22. The predicted molar refractivity (Wildman–Crippen MR) is 90.1 cm³/mol. The van der Waals surface area contributed by atoms with E-state index in [4.69, 9.17) is 10.5 Å². The number of amides is 1. The van der Waals surface area contributed by atoms with Crippen LogP contribution in [0.25, 0.3) is 0 Å². The normalized spacial score (nSPS) is 21.0. The lowest BCUT2D eigenvalue weighted by Gasteiger charge is -2.42. The Morgan fingerprint density at radius 2 is 2.25 bits per heavy atom. The molecule has 24 heavy (non-hydrogen) atoms. The Labute approximate surface area is 142 Å². The number of nitrogens with one attached hydrogen (secondary N) is 2. The number of piperidine rings is 1. The van der Waals surface area contributed by atoms with Crippen molar-refractivity contribution in [1.29, 1.82) is 0 Å². The van der Waals surface area contributed by atoms with Gasteiger partial charge in [0.2, 0.25) is 10.0 Å². The summed E-state index contributed by atoms with van der Waals surface area (Å²) in [5.74, 6) is -0.215. The maximum absolute atomic E-state index is 12.6. The van der Waals surface area contributed by atoms with Crippen LogP contribution in [0.15, 0.2) is 17.2 Å². The summed E-state index contributed by atoms with van der Waals surface area (Å²) in [6, 6.07) is 1.41. The van der Waals surface area contributed by atoms with Gasteiger partial charge in [0.25, 0.3) is 5.91 Å². The number of hydrogen-bond acceptors (Lipinski definition) is 5. The van der Waals surface area contributed by atoms with Gasteiger partial charge in [-0.1, -0.05) is 13.8 Å². The highest BCUT2D eigenvalue weighted by Crippen LogP contribution is 2.28. The SMILES string of the molecule is COCCNS(=O)(=O)c1c[nH]c(C(=O)N2CCC(N)C(C)(C)C2)c1. The molecule has 0 aromatic carbocycles. The van der Waals surface area contributed by atoms with Crippen molar-refractivity contribution in [1.82, 2.24) is 14.6 Å². The molecule has 1 fully saturated rings. The Morgan fingerprint density at radius 1 is 1.54 bits per heavy atom. The molecule has 9 heteroatoms. The minimum absolute atomic E-state index is 0.0370. The van der Waals surface area contributed by atoms with Crippen LogP contribution < -0.4 is 10.5 Å². The molecular formula is C15H26N4O4S. The molecule has 4 N–H and O–H groups in total. The third-order valence-corrected chi connectivity index (χ3v) is 5.84. The van der Waals surface area contributed by atoms with Crippen LogP contribution in [0.4, 0.5) is 0 Å². The van der Waals surface area contributed by atoms with Gasteiger partial charge in [-0.15, -0.1) is 0 Å². The van der Waals surface area contributed by atoms with Crippen molar-refractivity contribution in [3.63, 3.8) is 0 Å². The summed E-state index contributed by atoms with van der Waals surface area (Å²) < 4.78 is 31.5. The number of carbonyl (C=O) groups is 1. The summed E-state index contributed by atoms with van der Waals surface area (Å²) >= 11 is 0. The second-order valence-corrected chi connectivity index (χ2v) is 8.52. The van der Waals surface area contributed by atoms with Gasteiger partial charge in [0.1, 0.15) is 10.6 Å². The minimum atomic E-state index is -3.66. The summed E-state index contributed by atoms with van der Waals surface area (Å²) in [6.45, 7) is 5.61. The molecule has 2 heterocycles. The molecule has 136 valence electrons. The van der Waals surface area contributed by atoms with E-state index in [1.807, 2.05) is 13.8 Å². The first kappa shape index (κ1) is 18.9. The Hall–Kier alpha value is -1.42. The lowest BCUT2D eigenvalue weighted by molar-refractivity contribution is 0.0528. The van der Waals surface area contributed by atoms with E-state index in [1.54, 1.807) is 4.90 Å². The summed E-state index contributed by atoms with van der Waals surface area (Å²) in [5, 5.41) is 0. The van der Waals surface area contributed by atoms with E-state index >= 15 is 0 Å². The molecule has 1 aliphatic heterocycles. The molecule has 8 nitrogen and oxygen atoms in total. The van der Waals surface area contributed by atoms with Crippen LogP contribution >= 0.6 is 0 Å². The smallest absolute Gasteiger partial charge is 0.270 e. The van der Waals surface area contributed by atoms with Crippen molar-refractivity contribution in [2.45, 2.75) is 31.2 Å². The number of H-pyrrole nitrogens is 1. The second-order valence-electron chi connectivity index (χ2n) is 6.75. The van der Waals surface area contributed by atoms with Gasteiger partial charge in [0.15, 0.2) is 0 Å². The first-order valence-corrected chi connectivity index (χ1v) is 9.37. The molecule has 0 spiro atoms. The van der Waals surface area contributed by atoms with Gasteiger partial charge in [0.05, 0.1) is 6.61 Å². The predicted octanol–water partition coefficient (Wildman–Crippen LogP) is 0.139. The molecule has 1 aromatic rings. The van der Waals surface area contributed by atoms with E-state index < -0.39 is 10.0 Å². The van der Waals surface area contributed by atoms with Crippen LogP contribution in [0, 0.1) is 5.41 Å². The van der Waals surface area contributed by atoms with Gasteiger partial charge in [0, 0.05) is 39.0 Å². The van der Waals surface area contributed by atoms with Gasteiger partial charge in [-0.3, -0.25) is 4.79 Å². The van der Waals surface area contributed by atoms with Crippen molar-refractivity contribution in [3.05, 3.63) is 18.0 Å². The van der Waals surface area contributed by atoms with Crippen molar-refractivity contribution < 1.29 is 17.9 Å². The highest BCUT2D eigenvalue weighted by Gasteiger charge is 2.36. The fourth-order valence-electron chi connectivity index (χ4n) is 2.73. The first-order valence-electron chi connectivity index (χ1n) is 7.89. The third-order valence-electron chi connectivity index (χ3n) is 4.39. The molecule has 1 saturated heterocycles. The van der Waals surface area contributed by atoms with Gasteiger partial charge >= 0.3 is 0 Å². The van der Waals surface area contributed by atoms with Gasteiger partial charge < -0.3 is 20.4 Å². The Morgan fingerprint density at radius 3 is 2.88 bits per heavy atom. The molecule has 1 amide bonds. The average molecular weight is 358 g/mol. The van der Waals surface area contributed by atoms with Gasteiger partial charge in [-0.25, -0.2) is 13.1 Å². The third kappa shape index (κ3) is 4.15. The summed E-state index contributed by atoms with van der Waals surface area (Å²) in [4.78, 5) is 17.1. The van der Waals surface area contributed by atoms with Crippen molar-refractivity contribution in [2.24, 2.45) is 11.1 Å². The number of aromatic nitrogens is 1. The number of aromatic amines is 1. The van der Waals surface area contributed by atoms with E-state index in [0.717, 1.165) is 6.42 Å². The Bertz CT molecular complexity index is 683. The largest absolute Gasteiger partial charge is 0.383 e. The highest BCUT2D eigenvalue weighted by molar-refractivity contribution is 7.89. The van der Waals surface area contributed by atoms with E-state index in [1.165, 1.54) is 19.4 Å². The van der Waals surface area contributed by atoms with Gasteiger partial charge in [-0.2, -0.15) is 0 Å². The molecule has 1 aliphatic rings. The zero-order chi connectivity index (χ0) is 18.0. The van der Waals surface area contributed by atoms with Crippen LogP contribution in [0.1, 0.15) is 30.8 Å². The quantitative estimate of drug-likeness (QED) is 0.625. The average Bonchev–Trinajstić information content (AvgIpc) is 3.00. The molecular weight excluding hydrogens is 332 g/mol. The standard InChI is InChI=1S/C15H26N4O4S/c1-15(2)10-19(6-4-13(15)16)14(20)12-8-11(9-17-12)24(21,22)18-5-7-23-3/h8-9,13,17-18H,4-7,10,16H2,1-3H3. The molecule has 1 aromatic heterocycles. The van der Waals surface area contributed by atoms with Crippen LogP contribution in [-0.4, -0.2) is 63.6 Å². The molecule has 0 aliphatic carbocycles. The molecule has 0 radical (unpaired) electrons. The van der Waals surface area contributed by atoms with Crippen molar-refractivity contribution in [2.75, 3.05) is 33.4 Å². The number of methoxy groups -OCH3 is 1. The summed E-state index contributed by atoms with van der Waals surface area (Å²) in [5.41, 5.74) is 6.18. The minimum Gasteiger partial charge on any atom is -0.383 e. The zero-order valence-electron chi connectivity index (χ0n) is 14.3. The number of nitrogens with zero attached hydrogens (tertiary/aromatic N) is 1. The maximum atomic E-state index is 12.6. The molecule has 1 unspecified atom stereocenters. The summed E-state index contributed by atoms with van der Waals surface area (Å²) in [7, 11) is -2.17. The lowest BCUT2D eigenvalue weighted by Crippen LogP contribution is -2.54. The summed E-state index contributed by atoms with van der Waals surface area (Å²) in [6.07, 6.45) is 2.05. The van der Waals surface area contributed by atoms with E-state index in [9.17, 15) is 13.2 Å². The fraction of sp³-hybridized carbons (Fsp3) is 0.667. The number of sulfonamides is 1. The van der Waals surface area contributed by atoms with E-state index in [0.29, 0.717) is 13.1 Å². The van der Waals surface area contributed by atoms with Crippen LogP contribution in [0.2, 0.25) is 0 Å². The topological polar surface area (TPSA) is 118 Å². The van der Waals surface area contributed by atoms with E-state index in [-0.39, 0.29) is 41.1 Å². The van der Waals surface area contributed by atoms with Crippen LogP contribution in [0.3, 0.4) is 0 Å². The molecule has 0 saturated carbocycles. The van der Waals surface area contributed by atoms with Crippen molar-refractivity contribution >= 4 is 15.9 Å². The maximum Gasteiger partial charge on any atom is 0.270 e. The monoisotopic (exact) mass is 358 g/mol. The number of nitrogens with two attached hydrogens (primary N) is 1. The molecule has 2 rings (SSSR count). The van der Waals surface area contributed by atoms with Crippen LogP contribution in [-0.2, 0) is 14.8 Å². The number of hydrogen-bond donors (Lipinski definition) is 3. The number of rotatable bonds is 6. The van der Waals surface area contributed by atoms with Crippen molar-refractivity contribution in [3.8, 4) is 0 Å². The van der Waals surface area contributed by atoms with Gasteiger partial charge in [-0.05, 0) is 17.9 Å². The highest BCUT2D eigenvalue weighted by atomic mass is 32.2. The number of likely N-dealkylation sites (tertiary alicyclic amines) is 1. The van der Waals surface area contributed by atoms with Crippen LogP contribution in [0.5, 0.6) is 0 Å². The molecule has 1 atom stereocenters. The first-order chi connectivity index (χ1) is 11.2. The number of carbonyl (C=O) groups excluding carboxylic acids is 1.